The maximum Gasteiger partial charge on any atom is 0.0136 e. The van der Waals surface area contributed by atoms with Crippen LogP contribution in [-0.2, 0) is 0 Å². The minimum absolute atomic E-state index is 1.30. The summed E-state index contributed by atoms with van der Waals surface area (Å²) in [6.07, 6.45) is 0. The highest BCUT2D eigenvalue weighted by atomic mass is 32.2. The number of benzene rings is 3. The zero-order valence-electron chi connectivity index (χ0n) is 15.5. The van der Waals surface area contributed by atoms with Crippen LogP contribution < -0.4 is 0 Å². The van der Waals surface area contributed by atoms with Gasteiger partial charge in [-0.2, -0.15) is 0 Å². The van der Waals surface area contributed by atoms with Gasteiger partial charge in [0.15, 0.2) is 0 Å². The third-order valence-corrected chi connectivity index (χ3v) is 5.77. The Balaban J connectivity index is 1.87. The Bertz CT molecular complexity index is 798. The predicted octanol–water partition coefficient (Wildman–Crippen LogP) is 7.53. The van der Waals surface area contributed by atoms with Crippen molar-refractivity contribution in [2.75, 3.05) is 0 Å². The summed E-state index contributed by atoms with van der Waals surface area (Å²) >= 11 is 3.70. The molecule has 25 heavy (non-hydrogen) atoms. The third-order valence-electron chi connectivity index (χ3n) is 3.89. The Kier molecular flexibility index (Phi) is 5.61. The SMILES string of the molecule is Cc1cc(C)cc(Sc2cc(C)cc(Sc3cc(C)cc(C)c3)c2)c1. The summed E-state index contributed by atoms with van der Waals surface area (Å²) in [5.41, 5.74) is 6.58. The van der Waals surface area contributed by atoms with Crippen LogP contribution in [0.1, 0.15) is 27.8 Å². The van der Waals surface area contributed by atoms with Crippen LogP contribution in [0.15, 0.2) is 74.2 Å². The lowest BCUT2D eigenvalue weighted by atomic mass is 10.2. The molecule has 0 bridgehead atoms. The van der Waals surface area contributed by atoms with Gasteiger partial charge in [-0.05, 0) is 105 Å². The molecule has 0 aliphatic carbocycles. The molecular weight excluding hydrogens is 340 g/mol. The van der Waals surface area contributed by atoms with Gasteiger partial charge in [-0.1, -0.05) is 35.7 Å². The Hall–Kier alpha value is -1.64. The molecule has 0 radical (unpaired) electrons. The third kappa shape index (κ3) is 5.17. The number of rotatable bonds is 4. The van der Waals surface area contributed by atoms with Crippen LogP contribution in [0.4, 0.5) is 0 Å². The van der Waals surface area contributed by atoms with E-state index in [1.54, 1.807) is 0 Å². The molecular formula is C23H24S2. The molecule has 0 heterocycles. The van der Waals surface area contributed by atoms with E-state index < -0.39 is 0 Å². The highest BCUT2D eigenvalue weighted by Gasteiger charge is 2.05. The molecule has 0 unspecified atom stereocenters. The summed E-state index contributed by atoms with van der Waals surface area (Å²) in [4.78, 5) is 5.23. The monoisotopic (exact) mass is 364 g/mol. The van der Waals surface area contributed by atoms with Crippen LogP contribution in [-0.4, -0.2) is 0 Å². The minimum atomic E-state index is 1.30. The summed E-state index contributed by atoms with van der Waals surface area (Å²) in [5, 5.41) is 0. The van der Waals surface area contributed by atoms with Gasteiger partial charge >= 0.3 is 0 Å². The van der Waals surface area contributed by atoms with Crippen molar-refractivity contribution in [3.8, 4) is 0 Å². The first-order valence-electron chi connectivity index (χ1n) is 8.51. The summed E-state index contributed by atoms with van der Waals surface area (Å²) in [5.74, 6) is 0. The van der Waals surface area contributed by atoms with Crippen LogP contribution in [0.5, 0.6) is 0 Å². The molecule has 0 aliphatic heterocycles. The average Bonchev–Trinajstić information content (AvgIpc) is 2.43. The first-order valence-corrected chi connectivity index (χ1v) is 10.1. The second kappa shape index (κ2) is 7.72. The van der Waals surface area contributed by atoms with Crippen LogP contribution >= 0.6 is 23.5 Å². The highest BCUT2D eigenvalue weighted by Crippen LogP contribution is 2.35. The van der Waals surface area contributed by atoms with Gasteiger partial charge in [0.1, 0.15) is 0 Å². The molecule has 0 nitrogen and oxygen atoms in total. The molecule has 3 rings (SSSR count). The molecule has 2 heteroatoms. The van der Waals surface area contributed by atoms with Crippen molar-refractivity contribution in [3.63, 3.8) is 0 Å². The van der Waals surface area contributed by atoms with E-state index in [2.05, 4.69) is 89.2 Å². The van der Waals surface area contributed by atoms with E-state index in [4.69, 9.17) is 0 Å². The summed E-state index contributed by atoms with van der Waals surface area (Å²) in [7, 11) is 0. The van der Waals surface area contributed by atoms with Gasteiger partial charge in [0, 0.05) is 19.6 Å². The smallest absolute Gasteiger partial charge is 0.0136 e. The molecule has 0 aliphatic rings. The fourth-order valence-corrected chi connectivity index (χ4v) is 5.55. The second-order valence-electron chi connectivity index (χ2n) is 6.83. The normalized spacial score (nSPS) is 10.9. The van der Waals surface area contributed by atoms with E-state index in [0.717, 1.165) is 0 Å². The number of hydrogen-bond acceptors (Lipinski definition) is 2. The van der Waals surface area contributed by atoms with Gasteiger partial charge in [0.25, 0.3) is 0 Å². The van der Waals surface area contributed by atoms with E-state index in [1.165, 1.54) is 47.4 Å². The highest BCUT2D eigenvalue weighted by molar-refractivity contribution is 8.00. The molecule has 0 aromatic heterocycles. The lowest BCUT2D eigenvalue weighted by molar-refractivity contribution is 1.24. The zero-order chi connectivity index (χ0) is 18.0. The van der Waals surface area contributed by atoms with Crippen molar-refractivity contribution in [3.05, 3.63) is 82.4 Å². The van der Waals surface area contributed by atoms with Gasteiger partial charge < -0.3 is 0 Å². The molecule has 0 saturated carbocycles. The topological polar surface area (TPSA) is 0 Å². The first-order chi connectivity index (χ1) is 11.9. The van der Waals surface area contributed by atoms with E-state index in [9.17, 15) is 0 Å². The first kappa shape index (κ1) is 18.2. The average molecular weight is 365 g/mol. The molecule has 128 valence electrons. The van der Waals surface area contributed by atoms with Crippen LogP contribution in [0.3, 0.4) is 0 Å². The van der Waals surface area contributed by atoms with Crippen LogP contribution in [0, 0.1) is 34.6 Å². The van der Waals surface area contributed by atoms with Gasteiger partial charge in [-0.25, -0.2) is 0 Å². The molecule has 0 atom stereocenters. The van der Waals surface area contributed by atoms with Gasteiger partial charge in [-0.15, -0.1) is 0 Å². The molecule has 3 aromatic rings. The Morgan fingerprint density at radius 3 is 0.920 bits per heavy atom. The van der Waals surface area contributed by atoms with Crippen LogP contribution in [0.2, 0.25) is 0 Å². The largest absolute Gasteiger partial charge is 0.0900 e. The van der Waals surface area contributed by atoms with E-state index >= 15 is 0 Å². The quantitative estimate of drug-likeness (QED) is 0.469. The summed E-state index contributed by atoms with van der Waals surface area (Å²) in [6, 6.07) is 20.3. The number of hydrogen-bond donors (Lipinski definition) is 0. The fourth-order valence-electron chi connectivity index (χ4n) is 3.09. The molecule has 0 spiro atoms. The lowest BCUT2D eigenvalue weighted by Crippen LogP contribution is -1.84. The summed E-state index contributed by atoms with van der Waals surface area (Å²) < 4.78 is 0. The van der Waals surface area contributed by atoms with Crippen LogP contribution in [0.25, 0.3) is 0 Å². The van der Waals surface area contributed by atoms with Crippen molar-refractivity contribution < 1.29 is 0 Å². The second-order valence-corrected chi connectivity index (χ2v) is 9.13. The Morgan fingerprint density at radius 2 is 0.600 bits per heavy atom. The van der Waals surface area contributed by atoms with Crippen molar-refractivity contribution in [1.82, 2.24) is 0 Å². The molecule has 0 amide bonds. The maximum absolute atomic E-state index is 2.30. The standard InChI is InChI=1S/C23H24S2/c1-15-6-16(2)9-20(8-15)24-22-12-19(5)13-23(14-22)25-21-10-17(3)7-18(4)11-21/h6-14H,1-5H3. The van der Waals surface area contributed by atoms with Crippen molar-refractivity contribution in [2.45, 2.75) is 54.2 Å². The molecule has 0 N–H and O–H groups in total. The Labute approximate surface area is 160 Å². The van der Waals surface area contributed by atoms with Gasteiger partial charge in [0.2, 0.25) is 0 Å². The minimum Gasteiger partial charge on any atom is -0.0900 e. The summed E-state index contributed by atoms with van der Waals surface area (Å²) in [6.45, 7) is 10.8. The van der Waals surface area contributed by atoms with Gasteiger partial charge in [-0.3, -0.25) is 0 Å². The molecule has 0 fully saturated rings. The fraction of sp³-hybridized carbons (Fsp3) is 0.217. The maximum atomic E-state index is 2.30. The number of aryl methyl sites for hydroxylation is 5. The van der Waals surface area contributed by atoms with Crippen molar-refractivity contribution >= 4 is 23.5 Å². The van der Waals surface area contributed by atoms with Crippen molar-refractivity contribution in [1.29, 1.82) is 0 Å². The molecule has 3 aromatic carbocycles. The van der Waals surface area contributed by atoms with Gasteiger partial charge in [0.05, 0.1) is 0 Å². The lowest BCUT2D eigenvalue weighted by Gasteiger charge is -2.10. The van der Waals surface area contributed by atoms with Crippen molar-refractivity contribution in [2.24, 2.45) is 0 Å². The van der Waals surface area contributed by atoms with E-state index in [0.29, 0.717) is 0 Å². The predicted molar refractivity (Wildman–Crippen MR) is 111 cm³/mol. The Morgan fingerprint density at radius 1 is 0.360 bits per heavy atom. The van der Waals surface area contributed by atoms with E-state index in [-0.39, 0.29) is 0 Å². The zero-order valence-corrected chi connectivity index (χ0v) is 17.1. The van der Waals surface area contributed by atoms with E-state index in [1.807, 2.05) is 23.5 Å². The molecule has 0 saturated heterocycles.